The van der Waals surface area contributed by atoms with Gasteiger partial charge in [0.05, 0.1) is 12.6 Å². The molecule has 2 N–H and O–H groups in total. The molecule has 0 aliphatic carbocycles. The van der Waals surface area contributed by atoms with Crippen LogP contribution in [-0.4, -0.2) is 45.4 Å². The fraction of sp³-hybridized carbons (Fsp3) is 0.556. The topological polar surface area (TPSA) is 77.8 Å². The predicted octanol–water partition coefficient (Wildman–Crippen LogP) is 0.0127. The van der Waals surface area contributed by atoms with Gasteiger partial charge in [0.1, 0.15) is 5.70 Å². The molecule has 1 saturated heterocycles. The number of carbonyl (C=O) groups excluding carboxylic acids is 1. The van der Waals surface area contributed by atoms with Gasteiger partial charge in [-0.15, -0.1) is 11.8 Å². The molecule has 0 bridgehead atoms. The first-order valence-corrected chi connectivity index (χ1v) is 5.66. The summed E-state index contributed by atoms with van der Waals surface area (Å²) in [6.07, 6.45) is 1.07. The van der Waals surface area contributed by atoms with Gasteiger partial charge < -0.3 is 15.1 Å². The number of carbonyl (C=O) groups is 2. The molecule has 82 valence electrons. The van der Waals surface area contributed by atoms with Crippen molar-refractivity contribution in [3.63, 3.8) is 0 Å². The molecule has 2 heterocycles. The number of hydrogen-bond donors (Lipinski definition) is 2. The summed E-state index contributed by atoms with van der Waals surface area (Å²) in [4.78, 5) is 24.3. The van der Waals surface area contributed by atoms with E-state index in [2.05, 4.69) is 0 Å². The van der Waals surface area contributed by atoms with Crippen molar-refractivity contribution in [2.45, 2.75) is 18.9 Å². The average Bonchev–Trinajstić information content (AvgIpc) is 2.47. The normalized spacial score (nSPS) is 24.2. The Morgan fingerprint density at radius 2 is 2.27 bits per heavy atom. The monoisotopic (exact) mass is 229 g/mol. The minimum atomic E-state index is -1.05. The highest BCUT2D eigenvalue weighted by Gasteiger charge is 2.47. The van der Waals surface area contributed by atoms with Crippen molar-refractivity contribution in [2.75, 3.05) is 12.4 Å². The molecule has 0 saturated carbocycles. The van der Waals surface area contributed by atoms with Crippen LogP contribution in [0.1, 0.15) is 12.8 Å². The second kappa shape index (κ2) is 3.86. The van der Waals surface area contributed by atoms with Gasteiger partial charge in [-0.05, 0) is 0 Å². The van der Waals surface area contributed by atoms with Crippen molar-refractivity contribution in [3.05, 3.63) is 10.6 Å². The van der Waals surface area contributed by atoms with Crippen LogP contribution in [0.4, 0.5) is 0 Å². The lowest BCUT2D eigenvalue weighted by Crippen LogP contribution is -2.49. The molecular formula is C9H11NO4S. The van der Waals surface area contributed by atoms with Crippen molar-refractivity contribution in [3.8, 4) is 0 Å². The van der Waals surface area contributed by atoms with Crippen molar-refractivity contribution in [2.24, 2.45) is 0 Å². The highest BCUT2D eigenvalue weighted by Crippen LogP contribution is 2.42. The molecular weight excluding hydrogens is 218 g/mol. The molecule has 0 spiro atoms. The molecule has 2 aliphatic rings. The van der Waals surface area contributed by atoms with E-state index in [1.807, 2.05) is 0 Å². The molecule has 1 amide bonds. The third-order valence-electron chi connectivity index (χ3n) is 2.54. The summed E-state index contributed by atoms with van der Waals surface area (Å²) in [5.74, 6) is -0.691. The Hall–Kier alpha value is -1.01. The number of aliphatic hydroxyl groups is 1. The molecule has 15 heavy (non-hydrogen) atoms. The fourth-order valence-electron chi connectivity index (χ4n) is 1.92. The van der Waals surface area contributed by atoms with Crippen molar-refractivity contribution < 1.29 is 19.8 Å². The molecule has 1 unspecified atom stereocenters. The van der Waals surface area contributed by atoms with Crippen LogP contribution < -0.4 is 0 Å². The maximum absolute atomic E-state index is 11.2. The van der Waals surface area contributed by atoms with Crippen LogP contribution in [0.3, 0.4) is 0 Å². The van der Waals surface area contributed by atoms with Gasteiger partial charge in [-0.3, -0.25) is 4.79 Å². The van der Waals surface area contributed by atoms with E-state index in [0.29, 0.717) is 23.5 Å². The zero-order valence-electron chi connectivity index (χ0n) is 7.97. The molecule has 6 heteroatoms. The summed E-state index contributed by atoms with van der Waals surface area (Å²) in [6.45, 7) is 0.0136. The lowest BCUT2D eigenvalue weighted by atomic mass is 10.0. The Kier molecular flexibility index (Phi) is 2.70. The minimum absolute atomic E-state index is 0.0136. The fourth-order valence-corrected chi connectivity index (χ4v) is 2.89. The van der Waals surface area contributed by atoms with Gasteiger partial charge in [-0.25, -0.2) is 4.79 Å². The maximum atomic E-state index is 11.2. The number of fused-ring (bicyclic) bond motifs is 1. The summed E-state index contributed by atoms with van der Waals surface area (Å²) in [7, 11) is 0. The number of β-lactam (4-membered cyclic amide) rings is 1. The second-order valence-corrected chi connectivity index (χ2v) is 4.66. The minimum Gasteiger partial charge on any atom is -0.477 e. The first-order valence-electron chi connectivity index (χ1n) is 4.67. The SMILES string of the molecule is O=C(O)C1=C(SCCO)CC2CC(=O)N12. The van der Waals surface area contributed by atoms with Gasteiger partial charge in [0.25, 0.3) is 0 Å². The maximum Gasteiger partial charge on any atom is 0.353 e. The molecule has 0 radical (unpaired) electrons. The molecule has 1 fully saturated rings. The highest BCUT2D eigenvalue weighted by atomic mass is 32.2. The number of aliphatic hydroxyl groups excluding tert-OH is 1. The zero-order chi connectivity index (χ0) is 11.0. The quantitative estimate of drug-likeness (QED) is 0.664. The predicted molar refractivity (Wildman–Crippen MR) is 54.1 cm³/mol. The Morgan fingerprint density at radius 3 is 2.80 bits per heavy atom. The largest absolute Gasteiger partial charge is 0.477 e. The molecule has 5 nitrogen and oxygen atoms in total. The van der Waals surface area contributed by atoms with Crippen molar-refractivity contribution in [1.82, 2.24) is 4.90 Å². The van der Waals surface area contributed by atoms with Gasteiger partial charge in [0.2, 0.25) is 5.91 Å². The third-order valence-corrected chi connectivity index (χ3v) is 3.64. The Morgan fingerprint density at radius 1 is 1.53 bits per heavy atom. The lowest BCUT2D eigenvalue weighted by molar-refractivity contribution is -0.147. The number of carboxylic acids is 1. The van der Waals surface area contributed by atoms with E-state index >= 15 is 0 Å². The number of thioether (sulfide) groups is 1. The van der Waals surface area contributed by atoms with E-state index in [4.69, 9.17) is 10.2 Å². The van der Waals surface area contributed by atoms with E-state index < -0.39 is 5.97 Å². The van der Waals surface area contributed by atoms with Crippen LogP contribution in [0.15, 0.2) is 10.6 Å². The van der Waals surface area contributed by atoms with Gasteiger partial charge in [0.15, 0.2) is 0 Å². The summed E-state index contributed by atoms with van der Waals surface area (Å²) >= 11 is 1.32. The van der Waals surface area contributed by atoms with Crippen LogP contribution in [0, 0.1) is 0 Å². The molecule has 2 rings (SSSR count). The van der Waals surface area contributed by atoms with Gasteiger partial charge in [-0.2, -0.15) is 0 Å². The first kappa shape index (κ1) is 10.5. The van der Waals surface area contributed by atoms with Gasteiger partial charge in [-0.1, -0.05) is 0 Å². The summed E-state index contributed by atoms with van der Waals surface area (Å²) in [5, 5.41) is 17.7. The first-order chi connectivity index (χ1) is 7.15. The van der Waals surface area contributed by atoms with Crippen LogP contribution in [0.25, 0.3) is 0 Å². The van der Waals surface area contributed by atoms with Gasteiger partial charge in [0, 0.05) is 23.5 Å². The van der Waals surface area contributed by atoms with E-state index in [1.165, 1.54) is 16.7 Å². The number of carboxylic acid groups (broad SMARTS) is 1. The number of amides is 1. The smallest absolute Gasteiger partial charge is 0.353 e. The Labute approximate surface area is 90.8 Å². The second-order valence-electron chi connectivity index (χ2n) is 3.47. The highest BCUT2D eigenvalue weighted by molar-refractivity contribution is 8.03. The van der Waals surface area contributed by atoms with Crippen molar-refractivity contribution >= 4 is 23.6 Å². The number of nitrogens with zero attached hydrogens (tertiary/aromatic N) is 1. The summed E-state index contributed by atoms with van der Waals surface area (Å²) in [5.41, 5.74) is 0.120. The number of aliphatic carboxylic acids is 1. The van der Waals surface area contributed by atoms with Gasteiger partial charge >= 0.3 is 5.97 Å². The Balaban J connectivity index is 2.19. The van der Waals surface area contributed by atoms with E-state index in [-0.39, 0.29) is 24.3 Å². The van der Waals surface area contributed by atoms with E-state index in [9.17, 15) is 9.59 Å². The van der Waals surface area contributed by atoms with E-state index in [0.717, 1.165) is 0 Å². The standard InChI is InChI=1S/C9H11NO4S/c11-1-2-15-6-3-5-4-7(12)10(5)8(6)9(13)14/h5,11H,1-4H2,(H,13,14). The molecule has 0 aromatic heterocycles. The number of rotatable bonds is 4. The molecule has 0 aromatic carbocycles. The van der Waals surface area contributed by atoms with Crippen LogP contribution in [-0.2, 0) is 9.59 Å². The lowest BCUT2D eigenvalue weighted by Gasteiger charge is -2.34. The Bertz CT molecular complexity index is 352. The third kappa shape index (κ3) is 1.63. The van der Waals surface area contributed by atoms with E-state index in [1.54, 1.807) is 0 Å². The van der Waals surface area contributed by atoms with Crippen LogP contribution >= 0.6 is 11.8 Å². The summed E-state index contributed by atoms with van der Waals surface area (Å²) in [6, 6.07) is 0.0461. The average molecular weight is 229 g/mol. The summed E-state index contributed by atoms with van der Waals surface area (Å²) < 4.78 is 0. The van der Waals surface area contributed by atoms with Crippen LogP contribution in [0.2, 0.25) is 0 Å². The molecule has 2 aliphatic heterocycles. The number of hydrogen-bond acceptors (Lipinski definition) is 4. The van der Waals surface area contributed by atoms with Crippen LogP contribution in [0.5, 0.6) is 0 Å². The molecule has 1 atom stereocenters. The molecule has 0 aromatic rings. The zero-order valence-corrected chi connectivity index (χ0v) is 8.79. The van der Waals surface area contributed by atoms with Crippen molar-refractivity contribution in [1.29, 1.82) is 0 Å².